The summed E-state index contributed by atoms with van der Waals surface area (Å²) in [7, 11) is -3.72. The molecular weight excluding hydrogens is 540 g/mol. The summed E-state index contributed by atoms with van der Waals surface area (Å²) in [6.45, 7) is 0.404. The topological polar surface area (TPSA) is 88.1 Å². The van der Waals surface area contributed by atoms with Crippen molar-refractivity contribution < 1.29 is 22.3 Å². The van der Waals surface area contributed by atoms with Gasteiger partial charge in [0, 0.05) is 23.7 Å². The molecule has 1 fully saturated rings. The number of nitrogens with zero attached hydrogens (tertiary/aromatic N) is 2. The SMILES string of the molecule is O=C(NN=Cc1ccc(OCc2c(F)cccc2Cl)cc1)C1CCCN(S(=O)(=O)c2ccc(Cl)cc2)C1. The maximum Gasteiger partial charge on any atom is 0.244 e. The Bertz CT molecular complexity index is 1360. The zero-order chi connectivity index (χ0) is 26.4. The third-order valence-corrected chi connectivity index (χ3v) is 8.41. The number of ether oxygens (including phenoxy) is 1. The van der Waals surface area contributed by atoms with Crippen LogP contribution in [0.4, 0.5) is 4.39 Å². The Morgan fingerprint density at radius 3 is 2.54 bits per heavy atom. The Labute approximate surface area is 224 Å². The summed E-state index contributed by atoms with van der Waals surface area (Å²) in [6, 6.07) is 17.3. The molecule has 11 heteroatoms. The van der Waals surface area contributed by atoms with E-state index in [1.54, 1.807) is 30.3 Å². The highest BCUT2D eigenvalue weighted by Gasteiger charge is 2.33. The van der Waals surface area contributed by atoms with E-state index >= 15 is 0 Å². The molecule has 7 nitrogen and oxygen atoms in total. The summed E-state index contributed by atoms with van der Waals surface area (Å²) in [5, 5.41) is 4.74. The quantitative estimate of drug-likeness (QED) is 0.299. The summed E-state index contributed by atoms with van der Waals surface area (Å²) in [6.07, 6.45) is 2.60. The lowest BCUT2D eigenvalue weighted by molar-refractivity contribution is -0.126. The van der Waals surface area contributed by atoms with Gasteiger partial charge in [0.15, 0.2) is 0 Å². The highest BCUT2D eigenvalue weighted by molar-refractivity contribution is 7.89. The second kappa shape index (κ2) is 12.0. The molecule has 0 aliphatic carbocycles. The maximum absolute atomic E-state index is 13.9. The lowest BCUT2D eigenvalue weighted by atomic mass is 9.99. The van der Waals surface area contributed by atoms with Gasteiger partial charge < -0.3 is 4.74 Å². The van der Waals surface area contributed by atoms with Crippen LogP contribution in [0.5, 0.6) is 5.75 Å². The summed E-state index contributed by atoms with van der Waals surface area (Å²) < 4.78 is 46.7. The monoisotopic (exact) mass is 563 g/mol. The van der Waals surface area contributed by atoms with Crippen LogP contribution in [0.25, 0.3) is 0 Å². The van der Waals surface area contributed by atoms with E-state index in [4.69, 9.17) is 27.9 Å². The molecule has 1 saturated heterocycles. The molecule has 1 unspecified atom stereocenters. The molecule has 1 aliphatic heterocycles. The summed E-state index contributed by atoms with van der Waals surface area (Å²) in [5.41, 5.74) is 3.48. The largest absolute Gasteiger partial charge is 0.489 e. The fraction of sp³-hybridized carbons (Fsp3) is 0.231. The van der Waals surface area contributed by atoms with Crippen LogP contribution in [0.15, 0.2) is 76.7 Å². The average molecular weight is 564 g/mol. The zero-order valence-electron chi connectivity index (χ0n) is 19.6. The normalized spacial score (nSPS) is 16.6. The molecular formula is C26H24Cl2FN3O4S. The number of amides is 1. The van der Waals surface area contributed by atoms with Crippen molar-refractivity contribution in [1.82, 2.24) is 9.73 Å². The molecule has 1 amide bonds. The van der Waals surface area contributed by atoms with Crippen molar-refractivity contribution in [3.8, 4) is 5.75 Å². The van der Waals surface area contributed by atoms with E-state index in [0.29, 0.717) is 40.7 Å². The van der Waals surface area contributed by atoms with E-state index in [9.17, 15) is 17.6 Å². The Balaban J connectivity index is 1.30. The number of nitrogens with one attached hydrogen (secondary N) is 1. The van der Waals surface area contributed by atoms with Crippen LogP contribution >= 0.6 is 23.2 Å². The Morgan fingerprint density at radius 2 is 1.84 bits per heavy atom. The molecule has 0 saturated carbocycles. The molecule has 1 heterocycles. The second-order valence-electron chi connectivity index (χ2n) is 8.45. The van der Waals surface area contributed by atoms with Gasteiger partial charge in [0.25, 0.3) is 0 Å². The van der Waals surface area contributed by atoms with Crippen LogP contribution in [0.2, 0.25) is 10.0 Å². The van der Waals surface area contributed by atoms with Crippen LogP contribution in [0, 0.1) is 11.7 Å². The first-order valence-electron chi connectivity index (χ1n) is 11.5. The molecule has 1 aliphatic rings. The minimum Gasteiger partial charge on any atom is -0.489 e. The summed E-state index contributed by atoms with van der Waals surface area (Å²) in [4.78, 5) is 12.8. The first-order valence-corrected chi connectivity index (χ1v) is 13.7. The molecule has 3 aromatic rings. The van der Waals surface area contributed by atoms with Gasteiger partial charge >= 0.3 is 0 Å². The number of hydrogen-bond acceptors (Lipinski definition) is 5. The van der Waals surface area contributed by atoms with Crippen molar-refractivity contribution in [2.75, 3.05) is 13.1 Å². The molecule has 0 bridgehead atoms. The minimum absolute atomic E-state index is 0.0128. The third-order valence-electron chi connectivity index (χ3n) is 5.92. The van der Waals surface area contributed by atoms with Crippen molar-refractivity contribution in [1.29, 1.82) is 0 Å². The second-order valence-corrected chi connectivity index (χ2v) is 11.2. The van der Waals surface area contributed by atoms with Gasteiger partial charge in [-0.2, -0.15) is 9.41 Å². The van der Waals surface area contributed by atoms with Crippen molar-refractivity contribution in [3.63, 3.8) is 0 Å². The molecule has 1 atom stereocenters. The van der Waals surface area contributed by atoms with Crippen LogP contribution in [-0.4, -0.2) is 37.9 Å². The lowest BCUT2D eigenvalue weighted by Crippen LogP contribution is -2.44. The van der Waals surface area contributed by atoms with E-state index < -0.39 is 21.8 Å². The molecule has 0 spiro atoms. The number of sulfonamides is 1. The van der Waals surface area contributed by atoms with Gasteiger partial charge in [-0.25, -0.2) is 18.2 Å². The highest BCUT2D eigenvalue weighted by Crippen LogP contribution is 2.25. The van der Waals surface area contributed by atoms with Crippen molar-refractivity contribution in [2.45, 2.75) is 24.3 Å². The Kier molecular flexibility index (Phi) is 8.81. The van der Waals surface area contributed by atoms with Gasteiger partial charge in [0.05, 0.1) is 22.1 Å². The summed E-state index contributed by atoms with van der Waals surface area (Å²) >= 11 is 11.9. The molecule has 1 N–H and O–H groups in total. The van der Waals surface area contributed by atoms with Crippen LogP contribution in [0.3, 0.4) is 0 Å². The number of carbonyl (C=O) groups is 1. The third kappa shape index (κ3) is 6.87. The number of carbonyl (C=O) groups excluding carboxylic acids is 1. The van der Waals surface area contributed by atoms with Crippen LogP contribution in [-0.2, 0) is 21.4 Å². The van der Waals surface area contributed by atoms with E-state index in [1.165, 1.54) is 46.9 Å². The highest BCUT2D eigenvalue weighted by atomic mass is 35.5. The molecule has 0 radical (unpaired) electrons. The van der Waals surface area contributed by atoms with Gasteiger partial charge in [-0.3, -0.25) is 4.79 Å². The molecule has 0 aromatic heterocycles. The number of rotatable bonds is 8. The summed E-state index contributed by atoms with van der Waals surface area (Å²) in [5.74, 6) is -0.789. The van der Waals surface area contributed by atoms with Crippen LogP contribution < -0.4 is 10.2 Å². The lowest BCUT2D eigenvalue weighted by Gasteiger charge is -2.30. The fourth-order valence-electron chi connectivity index (χ4n) is 3.87. The van der Waals surface area contributed by atoms with Crippen LogP contribution in [0.1, 0.15) is 24.0 Å². The van der Waals surface area contributed by atoms with E-state index in [0.717, 1.165) is 0 Å². The standard InChI is InChI=1S/C26H24Cl2FN3O4S/c27-20-8-12-22(13-9-20)37(34,35)32-14-2-3-19(16-32)26(33)31-30-15-18-6-10-21(11-7-18)36-17-23-24(28)4-1-5-25(23)29/h1,4-13,15,19H,2-3,14,16-17H2,(H,31,33). The number of halogens is 3. The fourth-order valence-corrected chi connectivity index (χ4v) is 5.74. The smallest absolute Gasteiger partial charge is 0.244 e. The van der Waals surface area contributed by atoms with Gasteiger partial charge in [-0.05, 0) is 79.1 Å². The predicted molar refractivity (Wildman–Crippen MR) is 141 cm³/mol. The van der Waals surface area contributed by atoms with E-state index in [1.807, 2.05) is 0 Å². The molecule has 4 rings (SSSR count). The van der Waals surface area contributed by atoms with Crippen molar-refractivity contribution >= 4 is 45.3 Å². The van der Waals surface area contributed by atoms with Gasteiger partial charge in [0.2, 0.25) is 15.9 Å². The number of hydrogen-bond donors (Lipinski definition) is 1. The van der Waals surface area contributed by atoms with Gasteiger partial charge in [-0.15, -0.1) is 0 Å². The molecule has 37 heavy (non-hydrogen) atoms. The van der Waals surface area contributed by atoms with E-state index in [-0.39, 0.29) is 29.5 Å². The maximum atomic E-state index is 13.9. The number of piperidine rings is 1. The van der Waals surface area contributed by atoms with Crippen molar-refractivity contribution in [3.05, 3.63) is 93.7 Å². The Morgan fingerprint density at radius 1 is 1.11 bits per heavy atom. The molecule has 194 valence electrons. The average Bonchev–Trinajstić information content (AvgIpc) is 2.89. The minimum atomic E-state index is -3.72. The first kappa shape index (κ1) is 27.1. The number of benzene rings is 3. The zero-order valence-corrected chi connectivity index (χ0v) is 21.9. The Hall–Kier alpha value is -2.98. The first-order chi connectivity index (χ1) is 17.7. The predicted octanol–water partition coefficient (Wildman–Crippen LogP) is 5.26. The van der Waals surface area contributed by atoms with Crippen molar-refractivity contribution in [2.24, 2.45) is 11.0 Å². The number of hydrazone groups is 1. The van der Waals surface area contributed by atoms with Gasteiger partial charge in [-0.1, -0.05) is 29.3 Å². The van der Waals surface area contributed by atoms with Gasteiger partial charge in [0.1, 0.15) is 18.2 Å². The van der Waals surface area contributed by atoms with E-state index in [2.05, 4.69) is 10.5 Å². The molecule has 3 aromatic carbocycles.